The van der Waals surface area contributed by atoms with Crippen LogP contribution in [-0.4, -0.2) is 32.8 Å². The van der Waals surface area contributed by atoms with Crippen LogP contribution in [0.3, 0.4) is 0 Å². The normalized spacial score (nSPS) is 18.4. The van der Waals surface area contributed by atoms with Crippen molar-refractivity contribution in [1.29, 1.82) is 0 Å². The smallest absolute Gasteiger partial charge is 0.0958 e. The molecule has 0 amide bonds. The molecule has 0 bridgehead atoms. The summed E-state index contributed by atoms with van der Waals surface area (Å²) in [5, 5.41) is 13.3. The predicted molar refractivity (Wildman–Crippen MR) is 80.9 cm³/mol. The van der Waals surface area contributed by atoms with Crippen LogP contribution in [0.2, 0.25) is 0 Å². The monoisotopic (exact) mass is 273 g/mol. The summed E-state index contributed by atoms with van der Waals surface area (Å²) < 4.78 is 2.15. The number of aliphatic hydroxyl groups is 1. The van der Waals surface area contributed by atoms with E-state index < -0.39 is 0 Å². The minimum Gasteiger partial charge on any atom is -0.394 e. The van der Waals surface area contributed by atoms with Gasteiger partial charge in [0.05, 0.1) is 29.5 Å². The van der Waals surface area contributed by atoms with Gasteiger partial charge < -0.3 is 15.0 Å². The lowest BCUT2D eigenvalue weighted by Crippen LogP contribution is -2.50. The molecule has 1 atom stereocenters. The Hall–Kier alpha value is -1.39. The Bertz CT molecular complexity index is 630. The van der Waals surface area contributed by atoms with Gasteiger partial charge in [-0.15, -0.1) is 0 Å². The van der Waals surface area contributed by atoms with Crippen LogP contribution in [0.4, 0.5) is 0 Å². The number of imidazole rings is 1. The molecule has 4 nitrogen and oxygen atoms in total. The molecule has 1 aliphatic carbocycles. The highest BCUT2D eigenvalue weighted by atomic mass is 16.3. The van der Waals surface area contributed by atoms with Crippen molar-refractivity contribution in [3.05, 3.63) is 29.6 Å². The molecule has 0 aliphatic heterocycles. The van der Waals surface area contributed by atoms with Crippen molar-refractivity contribution in [3.8, 4) is 0 Å². The number of nitrogens with zero attached hydrogens (tertiary/aromatic N) is 2. The van der Waals surface area contributed by atoms with Crippen LogP contribution in [0.5, 0.6) is 0 Å². The Kier molecular flexibility index (Phi) is 3.30. The standard InChI is InChI=1S/C16H23N3O/c1-11-6-14-15(7-12(11)2)19(10-17-14)8-16(3,9-20)18-13-4-5-13/h6-7,10,13,18,20H,4-5,8-9H2,1-3H3. The summed E-state index contributed by atoms with van der Waals surface area (Å²) in [6, 6.07) is 4.89. The first-order chi connectivity index (χ1) is 9.50. The molecule has 1 saturated carbocycles. The molecule has 2 aromatic rings. The highest BCUT2D eigenvalue weighted by Crippen LogP contribution is 2.25. The zero-order valence-corrected chi connectivity index (χ0v) is 12.5. The topological polar surface area (TPSA) is 50.1 Å². The molecule has 1 heterocycles. The van der Waals surface area contributed by atoms with Crippen LogP contribution in [-0.2, 0) is 6.54 Å². The van der Waals surface area contributed by atoms with E-state index in [-0.39, 0.29) is 12.1 Å². The largest absolute Gasteiger partial charge is 0.394 e. The number of benzene rings is 1. The third-order valence-corrected chi connectivity index (χ3v) is 4.23. The maximum atomic E-state index is 9.74. The van der Waals surface area contributed by atoms with E-state index in [1.165, 1.54) is 24.0 Å². The van der Waals surface area contributed by atoms with Crippen molar-refractivity contribution in [2.75, 3.05) is 6.61 Å². The number of aryl methyl sites for hydroxylation is 2. The van der Waals surface area contributed by atoms with E-state index in [2.05, 4.69) is 47.8 Å². The van der Waals surface area contributed by atoms with Gasteiger partial charge in [-0.2, -0.15) is 0 Å². The zero-order chi connectivity index (χ0) is 14.3. The Morgan fingerprint density at radius 2 is 2.05 bits per heavy atom. The van der Waals surface area contributed by atoms with Gasteiger partial charge in [-0.25, -0.2) is 4.98 Å². The van der Waals surface area contributed by atoms with E-state index in [0.717, 1.165) is 17.6 Å². The summed E-state index contributed by atoms with van der Waals surface area (Å²) in [6.45, 7) is 7.19. The SMILES string of the molecule is Cc1cc2ncn(CC(C)(CO)NC3CC3)c2cc1C. The summed E-state index contributed by atoms with van der Waals surface area (Å²) in [5.41, 5.74) is 4.43. The fraction of sp³-hybridized carbons (Fsp3) is 0.562. The molecule has 1 unspecified atom stereocenters. The highest BCUT2D eigenvalue weighted by Gasteiger charge is 2.32. The van der Waals surface area contributed by atoms with Crippen LogP contribution < -0.4 is 5.32 Å². The highest BCUT2D eigenvalue weighted by molar-refractivity contribution is 5.77. The van der Waals surface area contributed by atoms with Gasteiger partial charge in [0.15, 0.2) is 0 Å². The second-order valence-electron chi connectivity index (χ2n) is 6.44. The van der Waals surface area contributed by atoms with Crippen molar-refractivity contribution < 1.29 is 5.11 Å². The van der Waals surface area contributed by atoms with Crippen LogP contribution in [0.15, 0.2) is 18.5 Å². The number of fused-ring (bicyclic) bond motifs is 1. The molecule has 20 heavy (non-hydrogen) atoms. The van der Waals surface area contributed by atoms with Gasteiger partial charge >= 0.3 is 0 Å². The molecule has 0 radical (unpaired) electrons. The average Bonchev–Trinajstić information content (AvgIpc) is 3.14. The van der Waals surface area contributed by atoms with E-state index in [4.69, 9.17) is 0 Å². The molecule has 3 rings (SSSR count). The molecule has 1 aliphatic rings. The van der Waals surface area contributed by atoms with Crippen molar-refractivity contribution in [1.82, 2.24) is 14.9 Å². The third kappa shape index (κ3) is 2.58. The van der Waals surface area contributed by atoms with Crippen molar-refractivity contribution >= 4 is 11.0 Å². The molecule has 1 aromatic carbocycles. The second kappa shape index (κ2) is 4.86. The maximum absolute atomic E-state index is 9.74. The second-order valence-corrected chi connectivity index (χ2v) is 6.44. The van der Waals surface area contributed by atoms with E-state index >= 15 is 0 Å². The summed E-state index contributed by atoms with van der Waals surface area (Å²) in [5.74, 6) is 0. The number of hydrogen-bond donors (Lipinski definition) is 2. The van der Waals surface area contributed by atoms with Gasteiger partial charge in [0.1, 0.15) is 0 Å². The molecular formula is C16H23N3O. The molecule has 0 spiro atoms. The van der Waals surface area contributed by atoms with Crippen LogP contribution in [0.1, 0.15) is 30.9 Å². The van der Waals surface area contributed by atoms with Crippen molar-refractivity contribution in [2.24, 2.45) is 0 Å². The van der Waals surface area contributed by atoms with Gasteiger partial charge in [0, 0.05) is 12.6 Å². The van der Waals surface area contributed by atoms with Gasteiger partial charge in [-0.1, -0.05) is 0 Å². The lowest BCUT2D eigenvalue weighted by atomic mass is 10.0. The average molecular weight is 273 g/mol. The lowest BCUT2D eigenvalue weighted by molar-refractivity contribution is 0.156. The fourth-order valence-corrected chi connectivity index (χ4v) is 2.68. The van der Waals surface area contributed by atoms with Gasteiger partial charge in [0.25, 0.3) is 0 Å². The third-order valence-electron chi connectivity index (χ3n) is 4.23. The lowest BCUT2D eigenvalue weighted by Gasteiger charge is -2.29. The van der Waals surface area contributed by atoms with Crippen molar-refractivity contribution in [3.63, 3.8) is 0 Å². The fourth-order valence-electron chi connectivity index (χ4n) is 2.68. The molecule has 1 fully saturated rings. The Morgan fingerprint density at radius 3 is 2.70 bits per heavy atom. The first kappa shape index (κ1) is 13.6. The Labute approximate surface area is 119 Å². The van der Waals surface area contributed by atoms with E-state index in [1.807, 2.05) is 6.33 Å². The maximum Gasteiger partial charge on any atom is 0.0958 e. The minimum atomic E-state index is -0.284. The van der Waals surface area contributed by atoms with Gasteiger partial charge in [-0.3, -0.25) is 0 Å². The number of rotatable bonds is 5. The van der Waals surface area contributed by atoms with Crippen LogP contribution in [0.25, 0.3) is 11.0 Å². The molecule has 4 heteroatoms. The summed E-state index contributed by atoms with van der Waals surface area (Å²) in [4.78, 5) is 4.49. The Balaban J connectivity index is 1.91. The number of nitrogens with one attached hydrogen (secondary N) is 1. The van der Waals surface area contributed by atoms with E-state index in [9.17, 15) is 5.11 Å². The number of aromatic nitrogens is 2. The summed E-state index contributed by atoms with van der Waals surface area (Å²) in [7, 11) is 0. The minimum absolute atomic E-state index is 0.133. The quantitative estimate of drug-likeness (QED) is 0.877. The van der Waals surface area contributed by atoms with Gasteiger partial charge in [0.2, 0.25) is 0 Å². The molecule has 1 aromatic heterocycles. The molecular weight excluding hydrogens is 250 g/mol. The molecule has 2 N–H and O–H groups in total. The number of aliphatic hydroxyl groups excluding tert-OH is 1. The first-order valence-corrected chi connectivity index (χ1v) is 7.31. The summed E-state index contributed by atoms with van der Waals surface area (Å²) in [6.07, 6.45) is 4.32. The van der Waals surface area contributed by atoms with Gasteiger partial charge in [-0.05, 0) is 56.9 Å². The molecule has 0 saturated heterocycles. The van der Waals surface area contributed by atoms with E-state index in [1.54, 1.807) is 0 Å². The number of hydrogen-bond acceptors (Lipinski definition) is 3. The van der Waals surface area contributed by atoms with E-state index in [0.29, 0.717) is 6.04 Å². The predicted octanol–water partition coefficient (Wildman–Crippen LogP) is 2.16. The van der Waals surface area contributed by atoms with Crippen LogP contribution >= 0.6 is 0 Å². The van der Waals surface area contributed by atoms with Crippen LogP contribution in [0, 0.1) is 13.8 Å². The van der Waals surface area contributed by atoms with Crippen molar-refractivity contribution in [2.45, 2.75) is 51.7 Å². The molecule has 108 valence electrons. The zero-order valence-electron chi connectivity index (χ0n) is 12.5. The first-order valence-electron chi connectivity index (χ1n) is 7.31. The Morgan fingerprint density at radius 1 is 1.35 bits per heavy atom. The summed E-state index contributed by atoms with van der Waals surface area (Å²) >= 11 is 0.